The lowest BCUT2D eigenvalue weighted by molar-refractivity contribution is -0.137. The second-order valence-electron chi connectivity index (χ2n) is 9.42. The third-order valence-corrected chi connectivity index (χ3v) is 7.80. The Labute approximate surface area is 223 Å². The van der Waals surface area contributed by atoms with Gasteiger partial charge in [-0.15, -0.1) is 0 Å². The molecule has 0 amide bonds. The first kappa shape index (κ1) is 27.0. The van der Waals surface area contributed by atoms with Crippen LogP contribution >= 0.6 is 0 Å². The number of ether oxygens (including phenoxy) is 1. The standard InChI is InChI=1S/C27H27F3N4O4S/c28-27(29,30)19-4-2-6-22(14-19)39(36,37)34-20-5-1-3-18(13-20)25(35)16-31-11-12-38-21-9-10-23-24(15-21)32-33-26(23)17-7-8-17/h1-6,9-10,13-15,17,25,31,34-35H,7-8,11-12,16H2,(H,32,33). The Balaban J connectivity index is 1.12. The molecule has 0 spiro atoms. The molecule has 0 saturated heterocycles. The summed E-state index contributed by atoms with van der Waals surface area (Å²) >= 11 is 0. The van der Waals surface area contributed by atoms with Gasteiger partial charge in [-0.05, 0) is 60.9 Å². The van der Waals surface area contributed by atoms with Crippen LogP contribution in [0.3, 0.4) is 0 Å². The average molecular weight is 561 g/mol. The van der Waals surface area contributed by atoms with E-state index in [1.807, 2.05) is 18.2 Å². The Bertz CT molecular complexity index is 1570. The van der Waals surface area contributed by atoms with Crippen LogP contribution in [0, 0.1) is 0 Å². The molecule has 1 atom stereocenters. The fraction of sp³-hybridized carbons (Fsp3) is 0.296. The van der Waals surface area contributed by atoms with Crippen LogP contribution in [-0.2, 0) is 16.2 Å². The summed E-state index contributed by atoms with van der Waals surface area (Å²) in [5.41, 5.74) is 1.53. The number of nitrogens with zero attached hydrogens (tertiary/aromatic N) is 1. The maximum atomic E-state index is 13.0. The van der Waals surface area contributed by atoms with Crippen LogP contribution in [-0.4, -0.2) is 43.4 Å². The number of aromatic amines is 1. The van der Waals surface area contributed by atoms with Crippen LogP contribution in [0.2, 0.25) is 0 Å². The summed E-state index contributed by atoms with van der Waals surface area (Å²) in [7, 11) is -4.27. The Morgan fingerprint density at radius 2 is 1.87 bits per heavy atom. The van der Waals surface area contributed by atoms with E-state index in [2.05, 4.69) is 20.2 Å². The Kier molecular flexibility index (Phi) is 7.52. The normalized spacial score (nSPS) is 14.9. The highest BCUT2D eigenvalue weighted by Gasteiger charge is 2.32. The summed E-state index contributed by atoms with van der Waals surface area (Å²) < 4.78 is 72.3. The first-order valence-corrected chi connectivity index (χ1v) is 13.9. The zero-order chi connectivity index (χ0) is 27.6. The van der Waals surface area contributed by atoms with Gasteiger partial charge >= 0.3 is 6.18 Å². The van der Waals surface area contributed by atoms with E-state index in [-0.39, 0.29) is 12.2 Å². The molecule has 8 nitrogen and oxygen atoms in total. The first-order chi connectivity index (χ1) is 18.6. The van der Waals surface area contributed by atoms with Crippen molar-refractivity contribution >= 4 is 26.6 Å². The predicted molar refractivity (Wildman–Crippen MR) is 140 cm³/mol. The van der Waals surface area contributed by atoms with Crippen molar-refractivity contribution in [1.82, 2.24) is 15.5 Å². The number of aliphatic hydroxyl groups is 1. The summed E-state index contributed by atoms with van der Waals surface area (Å²) in [6.07, 6.45) is -3.25. The van der Waals surface area contributed by atoms with Crippen molar-refractivity contribution in [2.24, 2.45) is 0 Å². The molecule has 1 aliphatic carbocycles. The SMILES string of the molecule is O=S(=O)(Nc1cccc(C(O)CNCCOc2ccc3c(C4CC4)[nH]nc3c2)c1)c1cccc(C(F)(F)F)c1. The number of rotatable bonds is 11. The van der Waals surface area contributed by atoms with Crippen LogP contribution in [0.1, 0.15) is 41.7 Å². The molecule has 1 unspecified atom stereocenters. The lowest BCUT2D eigenvalue weighted by atomic mass is 10.1. The molecule has 4 aromatic rings. The van der Waals surface area contributed by atoms with Crippen molar-refractivity contribution in [3.05, 3.63) is 83.6 Å². The first-order valence-electron chi connectivity index (χ1n) is 12.4. The summed E-state index contributed by atoms with van der Waals surface area (Å²) in [6, 6.07) is 15.4. The number of hydrogen-bond donors (Lipinski definition) is 4. The number of sulfonamides is 1. The number of nitrogens with one attached hydrogen (secondary N) is 3. The average Bonchev–Trinajstić information content (AvgIpc) is 3.66. The monoisotopic (exact) mass is 560 g/mol. The van der Waals surface area contributed by atoms with Gasteiger partial charge in [-0.3, -0.25) is 9.82 Å². The smallest absolute Gasteiger partial charge is 0.416 e. The number of halogens is 3. The van der Waals surface area contributed by atoms with E-state index in [0.717, 1.165) is 29.1 Å². The van der Waals surface area contributed by atoms with Crippen LogP contribution in [0.15, 0.2) is 71.6 Å². The molecule has 1 saturated carbocycles. The number of H-pyrrole nitrogens is 1. The summed E-state index contributed by atoms with van der Waals surface area (Å²) in [5.74, 6) is 1.27. The van der Waals surface area contributed by atoms with E-state index < -0.39 is 32.8 Å². The van der Waals surface area contributed by atoms with Gasteiger partial charge < -0.3 is 15.2 Å². The van der Waals surface area contributed by atoms with E-state index in [1.165, 1.54) is 30.7 Å². The summed E-state index contributed by atoms with van der Waals surface area (Å²) in [5, 5.41) is 22.2. The fourth-order valence-electron chi connectivity index (χ4n) is 4.25. The molecule has 3 aromatic carbocycles. The van der Waals surface area contributed by atoms with E-state index in [4.69, 9.17) is 4.74 Å². The van der Waals surface area contributed by atoms with Gasteiger partial charge in [0.25, 0.3) is 10.0 Å². The highest BCUT2D eigenvalue weighted by atomic mass is 32.2. The molecular weight excluding hydrogens is 533 g/mol. The number of aromatic nitrogens is 2. The number of alkyl halides is 3. The number of benzene rings is 3. The van der Waals surface area contributed by atoms with E-state index in [1.54, 1.807) is 12.1 Å². The van der Waals surface area contributed by atoms with Gasteiger partial charge in [0.05, 0.1) is 22.1 Å². The zero-order valence-electron chi connectivity index (χ0n) is 20.7. The molecule has 1 fully saturated rings. The number of anilines is 1. The van der Waals surface area contributed by atoms with E-state index in [9.17, 15) is 26.7 Å². The largest absolute Gasteiger partial charge is 0.492 e. The predicted octanol–water partition coefficient (Wildman–Crippen LogP) is 4.96. The fourth-order valence-corrected chi connectivity index (χ4v) is 5.34. The molecule has 4 N–H and O–H groups in total. The van der Waals surface area contributed by atoms with Crippen LogP contribution < -0.4 is 14.8 Å². The maximum Gasteiger partial charge on any atom is 0.416 e. The minimum Gasteiger partial charge on any atom is -0.492 e. The van der Waals surface area contributed by atoms with Gasteiger partial charge in [0.2, 0.25) is 0 Å². The van der Waals surface area contributed by atoms with E-state index >= 15 is 0 Å². The maximum absolute atomic E-state index is 13.0. The van der Waals surface area contributed by atoms with Crippen molar-refractivity contribution in [3.63, 3.8) is 0 Å². The van der Waals surface area contributed by atoms with Crippen LogP contribution in [0.5, 0.6) is 5.75 Å². The molecule has 39 heavy (non-hydrogen) atoms. The molecule has 206 valence electrons. The van der Waals surface area contributed by atoms with Crippen molar-refractivity contribution < 1.29 is 31.4 Å². The third kappa shape index (κ3) is 6.52. The molecule has 0 bridgehead atoms. The van der Waals surface area contributed by atoms with Crippen LogP contribution in [0.25, 0.3) is 10.9 Å². The molecule has 1 aromatic heterocycles. The lowest BCUT2D eigenvalue weighted by Crippen LogP contribution is -2.26. The van der Waals surface area contributed by atoms with Crippen molar-refractivity contribution in [2.75, 3.05) is 24.4 Å². The molecular formula is C27H27F3N4O4S. The van der Waals surface area contributed by atoms with Gasteiger partial charge in [-0.25, -0.2) is 8.42 Å². The summed E-state index contributed by atoms with van der Waals surface area (Å²) in [6.45, 7) is 0.982. The van der Waals surface area contributed by atoms with Crippen LogP contribution in [0.4, 0.5) is 18.9 Å². The number of fused-ring (bicyclic) bond motifs is 1. The molecule has 1 heterocycles. The van der Waals surface area contributed by atoms with Gasteiger partial charge in [0.1, 0.15) is 12.4 Å². The molecule has 5 rings (SSSR count). The molecule has 12 heteroatoms. The second-order valence-corrected chi connectivity index (χ2v) is 11.1. The highest BCUT2D eigenvalue weighted by Crippen LogP contribution is 2.42. The van der Waals surface area contributed by atoms with Gasteiger partial charge in [0, 0.05) is 41.8 Å². The van der Waals surface area contributed by atoms with Crippen molar-refractivity contribution in [3.8, 4) is 5.75 Å². The molecule has 0 radical (unpaired) electrons. The summed E-state index contributed by atoms with van der Waals surface area (Å²) in [4.78, 5) is -0.514. The number of aliphatic hydroxyl groups excluding tert-OH is 1. The lowest BCUT2D eigenvalue weighted by Gasteiger charge is -2.15. The van der Waals surface area contributed by atoms with Gasteiger partial charge in [-0.1, -0.05) is 18.2 Å². The second kappa shape index (κ2) is 10.9. The highest BCUT2D eigenvalue weighted by molar-refractivity contribution is 7.92. The third-order valence-electron chi connectivity index (χ3n) is 6.42. The Morgan fingerprint density at radius 3 is 2.64 bits per heavy atom. The minimum absolute atomic E-state index is 0.117. The quantitative estimate of drug-likeness (QED) is 0.193. The Hall–Kier alpha value is -3.61. The minimum atomic E-state index is -4.67. The van der Waals surface area contributed by atoms with Crippen molar-refractivity contribution in [2.45, 2.75) is 35.9 Å². The Morgan fingerprint density at radius 1 is 1.08 bits per heavy atom. The van der Waals surface area contributed by atoms with E-state index in [0.29, 0.717) is 36.4 Å². The van der Waals surface area contributed by atoms with Gasteiger partial charge in [0.15, 0.2) is 0 Å². The zero-order valence-corrected chi connectivity index (χ0v) is 21.5. The van der Waals surface area contributed by atoms with Gasteiger partial charge in [-0.2, -0.15) is 18.3 Å². The molecule has 0 aliphatic heterocycles. The number of hydrogen-bond acceptors (Lipinski definition) is 6. The van der Waals surface area contributed by atoms with Crippen molar-refractivity contribution in [1.29, 1.82) is 0 Å². The topological polar surface area (TPSA) is 116 Å². The molecule has 1 aliphatic rings.